The molecule has 1 atom stereocenters. The van der Waals surface area contributed by atoms with E-state index < -0.39 is 18.1 Å². The molecule has 0 unspecified atom stereocenters. The van der Waals surface area contributed by atoms with Crippen molar-refractivity contribution in [2.75, 3.05) is 26.2 Å². The number of carboxylic acid groups (broad SMARTS) is 1. The number of piperidine rings is 1. The topological polar surface area (TPSA) is 158 Å². The fraction of sp³-hybridized carbons (Fsp3) is 0.458. The fourth-order valence-electron chi connectivity index (χ4n) is 3.78. The van der Waals surface area contributed by atoms with Crippen LogP contribution in [-0.2, 0) is 27.5 Å². The minimum absolute atomic E-state index is 0. The van der Waals surface area contributed by atoms with Gasteiger partial charge in [0.25, 0.3) is 0 Å². The van der Waals surface area contributed by atoms with Crippen LogP contribution in [0.2, 0.25) is 0 Å². The van der Waals surface area contributed by atoms with Gasteiger partial charge in [-0.1, -0.05) is 30.3 Å². The first-order valence-electron chi connectivity index (χ1n) is 11.9. The van der Waals surface area contributed by atoms with Crippen molar-refractivity contribution in [1.29, 1.82) is 0 Å². The second-order valence-corrected chi connectivity index (χ2v) is 8.47. The van der Waals surface area contributed by atoms with Crippen molar-refractivity contribution in [3.8, 4) is 0 Å². The van der Waals surface area contributed by atoms with Crippen LogP contribution >= 0.6 is 0 Å². The maximum absolute atomic E-state index is 12.5. The molecule has 12 nitrogen and oxygen atoms in total. The minimum Gasteiger partial charge on any atom is -0.548 e. The second kappa shape index (κ2) is 15.6. The molecule has 37 heavy (non-hydrogen) atoms. The van der Waals surface area contributed by atoms with E-state index in [1.165, 1.54) is 0 Å². The summed E-state index contributed by atoms with van der Waals surface area (Å²) in [7, 11) is 0. The summed E-state index contributed by atoms with van der Waals surface area (Å²) in [5.74, 6) is -2.23. The number of alkyl carbamates (subject to hydrolysis) is 1. The van der Waals surface area contributed by atoms with E-state index in [0.29, 0.717) is 32.5 Å². The number of carbonyl (C=O) groups excluding carboxylic acids is 4. The zero-order valence-electron chi connectivity index (χ0n) is 20.9. The van der Waals surface area contributed by atoms with E-state index in [0.717, 1.165) is 18.5 Å². The summed E-state index contributed by atoms with van der Waals surface area (Å²) in [5, 5.41) is 19.0. The van der Waals surface area contributed by atoms with Crippen LogP contribution < -0.4 is 39.9 Å². The van der Waals surface area contributed by atoms with Gasteiger partial charge in [0.15, 0.2) is 0 Å². The summed E-state index contributed by atoms with van der Waals surface area (Å²) < 4.78 is 6.95. The summed E-state index contributed by atoms with van der Waals surface area (Å²) in [4.78, 5) is 53.9. The van der Waals surface area contributed by atoms with Gasteiger partial charge in [-0.2, -0.15) is 0 Å². The summed E-state index contributed by atoms with van der Waals surface area (Å²) in [6.45, 7) is 1.77. The number of carboxylic acids is 1. The number of likely N-dealkylation sites (tertiary alicyclic amines) is 1. The maximum atomic E-state index is 12.5. The van der Waals surface area contributed by atoms with Crippen LogP contribution in [0.15, 0.2) is 49.1 Å². The molecule has 3 N–H and O–H groups in total. The predicted molar refractivity (Wildman–Crippen MR) is 126 cm³/mol. The van der Waals surface area contributed by atoms with Crippen LogP contribution in [0.5, 0.6) is 0 Å². The third-order valence-corrected chi connectivity index (χ3v) is 5.85. The van der Waals surface area contributed by atoms with Crippen molar-refractivity contribution in [3.63, 3.8) is 0 Å². The normalized spacial score (nSPS) is 14.1. The molecule has 1 fully saturated rings. The number of nitrogens with one attached hydrogen (secondary N) is 3. The van der Waals surface area contributed by atoms with Crippen molar-refractivity contribution in [2.24, 2.45) is 5.92 Å². The summed E-state index contributed by atoms with van der Waals surface area (Å²) >= 11 is 0. The Labute approximate surface area is 227 Å². The first kappa shape index (κ1) is 29.7. The number of aromatic nitrogens is 2. The van der Waals surface area contributed by atoms with Gasteiger partial charge in [-0.3, -0.25) is 4.79 Å². The Hall–Kier alpha value is -3.49. The third kappa shape index (κ3) is 10.2. The van der Waals surface area contributed by atoms with Gasteiger partial charge in [-0.05, 0) is 24.8 Å². The number of aliphatic carboxylic acids is 1. The summed E-state index contributed by atoms with van der Waals surface area (Å²) in [6.07, 6.45) is 6.05. The summed E-state index contributed by atoms with van der Waals surface area (Å²) in [5.41, 5.74) is 0.750. The molecule has 2 heterocycles. The van der Waals surface area contributed by atoms with Gasteiger partial charge in [-0.25, -0.2) is 14.6 Å². The first-order chi connectivity index (χ1) is 17.4. The number of urea groups is 1. The SMILES string of the molecule is O=C(N[C@@H](CNC(=O)C1CCN(C(=O)NCCCn2ccnc2)CC1)C(=O)[O-])OCc1ccccc1.[Li+]. The van der Waals surface area contributed by atoms with E-state index in [9.17, 15) is 24.3 Å². The predicted octanol–water partition coefficient (Wildman–Crippen LogP) is -3.14. The first-order valence-corrected chi connectivity index (χ1v) is 11.9. The standard InChI is InChI=1S/C24H32N6O6.Li/c31-21(27-15-20(22(32)33)28-24(35)36-16-18-5-2-1-3-6-18)19-7-12-30(13-8-19)23(34)26-9-4-11-29-14-10-25-17-29;/h1-3,5-6,10,14,17,19-20H,4,7-9,11-13,15-16H2,(H,26,34)(H,27,31)(H,28,35)(H,32,33);/q;+1/p-1/t20-;/m0./s1. The molecule has 0 aliphatic carbocycles. The van der Waals surface area contributed by atoms with Crippen molar-refractivity contribution in [3.05, 3.63) is 54.6 Å². The Morgan fingerprint density at radius 1 is 1.11 bits per heavy atom. The molecule has 0 saturated carbocycles. The number of nitrogens with zero attached hydrogens (tertiary/aromatic N) is 3. The number of rotatable bonds is 11. The minimum atomic E-state index is -1.54. The number of carbonyl (C=O) groups is 4. The Bertz CT molecular complexity index is 998. The molecule has 1 aliphatic heterocycles. The van der Waals surface area contributed by atoms with E-state index in [-0.39, 0.29) is 49.9 Å². The van der Waals surface area contributed by atoms with Gasteiger partial charge in [0.05, 0.1) is 18.3 Å². The number of hydrogen-bond donors (Lipinski definition) is 3. The van der Waals surface area contributed by atoms with Crippen LogP contribution in [0.25, 0.3) is 0 Å². The van der Waals surface area contributed by atoms with Gasteiger partial charge >= 0.3 is 31.0 Å². The molecule has 2 aromatic rings. The molecule has 1 aromatic carbocycles. The zero-order valence-corrected chi connectivity index (χ0v) is 20.9. The van der Waals surface area contributed by atoms with Crippen LogP contribution in [0, 0.1) is 5.92 Å². The second-order valence-electron chi connectivity index (χ2n) is 8.47. The third-order valence-electron chi connectivity index (χ3n) is 5.85. The van der Waals surface area contributed by atoms with Crippen molar-refractivity contribution < 1.29 is 47.9 Å². The number of aryl methyl sites for hydroxylation is 1. The van der Waals surface area contributed by atoms with Crippen LogP contribution in [-0.4, -0.2) is 70.7 Å². The Balaban J connectivity index is 0.00000481. The van der Waals surface area contributed by atoms with E-state index in [1.807, 2.05) is 16.8 Å². The van der Waals surface area contributed by atoms with Crippen LogP contribution in [0.3, 0.4) is 0 Å². The summed E-state index contributed by atoms with van der Waals surface area (Å²) in [6, 6.07) is 7.32. The van der Waals surface area contributed by atoms with E-state index in [2.05, 4.69) is 20.9 Å². The molecule has 0 bridgehead atoms. The van der Waals surface area contributed by atoms with E-state index >= 15 is 0 Å². The smallest absolute Gasteiger partial charge is 0.548 e. The molecule has 194 valence electrons. The molecule has 1 aromatic heterocycles. The molecular formula is C24H31LiN6O6. The molecule has 0 spiro atoms. The average Bonchev–Trinajstić information content (AvgIpc) is 3.41. The molecule has 1 aliphatic rings. The Morgan fingerprint density at radius 3 is 2.49 bits per heavy atom. The average molecular weight is 506 g/mol. The van der Waals surface area contributed by atoms with Crippen molar-refractivity contribution in [2.45, 2.75) is 38.5 Å². The van der Waals surface area contributed by atoms with Gasteiger partial charge in [-0.15, -0.1) is 0 Å². The molecule has 4 amide bonds. The Kier molecular flexibility index (Phi) is 12.5. The van der Waals surface area contributed by atoms with Crippen LogP contribution in [0.4, 0.5) is 9.59 Å². The number of ether oxygens (including phenoxy) is 1. The molecule has 1 saturated heterocycles. The van der Waals surface area contributed by atoms with Crippen LogP contribution in [0.1, 0.15) is 24.8 Å². The number of benzene rings is 1. The number of amides is 4. The van der Waals surface area contributed by atoms with Crippen molar-refractivity contribution in [1.82, 2.24) is 30.4 Å². The monoisotopic (exact) mass is 506 g/mol. The maximum Gasteiger partial charge on any atom is 1.00 e. The molecular weight excluding hydrogens is 475 g/mol. The largest absolute Gasteiger partial charge is 1.00 e. The molecule has 3 rings (SSSR count). The quantitative estimate of drug-likeness (QED) is 0.215. The van der Waals surface area contributed by atoms with Gasteiger partial charge in [0.2, 0.25) is 5.91 Å². The van der Waals surface area contributed by atoms with Gasteiger partial charge in [0.1, 0.15) is 6.61 Å². The van der Waals surface area contributed by atoms with E-state index in [1.54, 1.807) is 41.7 Å². The van der Waals surface area contributed by atoms with E-state index in [4.69, 9.17) is 4.74 Å². The van der Waals surface area contributed by atoms with Gasteiger partial charge < -0.3 is 40.1 Å². The molecule has 13 heteroatoms. The Morgan fingerprint density at radius 2 is 1.84 bits per heavy atom. The number of imidazole rings is 1. The fourth-order valence-corrected chi connectivity index (χ4v) is 3.78. The zero-order chi connectivity index (χ0) is 25.8. The number of hydrogen-bond acceptors (Lipinski definition) is 7. The van der Waals surface area contributed by atoms with Gasteiger partial charge in [0, 0.05) is 51.0 Å². The van der Waals surface area contributed by atoms with Crippen molar-refractivity contribution >= 4 is 24.0 Å². The molecule has 0 radical (unpaired) electrons.